The van der Waals surface area contributed by atoms with Gasteiger partial charge in [0.1, 0.15) is 11.3 Å². The molecule has 0 fully saturated rings. The maximum absolute atomic E-state index is 6.27. The average Bonchev–Trinajstić information content (AvgIpc) is 3.72. The van der Waals surface area contributed by atoms with Crippen molar-refractivity contribution >= 4 is 38.8 Å². The van der Waals surface area contributed by atoms with Crippen LogP contribution in [0, 0.1) is 0 Å². The summed E-state index contributed by atoms with van der Waals surface area (Å²) in [5, 5.41) is 3.61. The third-order valence-corrected chi connectivity index (χ3v) is 10.7. The summed E-state index contributed by atoms with van der Waals surface area (Å²) >= 11 is 0. The second-order valence-electron chi connectivity index (χ2n) is 14.1. The molecule has 0 saturated heterocycles. The molecule has 0 amide bonds. The van der Waals surface area contributed by atoms with Crippen LogP contribution in [0.3, 0.4) is 0 Å². The van der Waals surface area contributed by atoms with Gasteiger partial charge in [0.05, 0.1) is 0 Å². The van der Waals surface area contributed by atoms with E-state index in [-0.39, 0.29) is 0 Å². The molecule has 0 N–H and O–H groups in total. The molecule has 0 saturated carbocycles. The van der Waals surface area contributed by atoms with E-state index in [1.165, 1.54) is 38.6 Å². The molecule has 2 nitrogen and oxygen atoms in total. The summed E-state index contributed by atoms with van der Waals surface area (Å²) in [5.41, 5.74) is 14.7. The summed E-state index contributed by atoms with van der Waals surface area (Å²) < 4.78 is 6.27. The van der Waals surface area contributed by atoms with Crippen molar-refractivity contribution in [3.05, 3.63) is 224 Å². The molecule has 2 heteroatoms. The van der Waals surface area contributed by atoms with Gasteiger partial charge in [-0.05, 0) is 104 Å². The van der Waals surface area contributed by atoms with Crippen molar-refractivity contribution in [2.24, 2.45) is 0 Å². The summed E-state index contributed by atoms with van der Waals surface area (Å²) in [7, 11) is 0. The first kappa shape index (κ1) is 33.2. The van der Waals surface area contributed by atoms with Crippen molar-refractivity contribution in [3.63, 3.8) is 0 Å². The molecule has 0 atom stereocenters. The molecule has 9 aromatic carbocycles. The third kappa shape index (κ3) is 6.34. The third-order valence-electron chi connectivity index (χ3n) is 10.7. The van der Waals surface area contributed by atoms with Crippen molar-refractivity contribution in [3.8, 4) is 55.8 Å². The Bertz CT molecular complexity index is 2890. The first-order valence-corrected chi connectivity index (χ1v) is 19.1. The highest BCUT2D eigenvalue weighted by molar-refractivity contribution is 5.97. The summed E-state index contributed by atoms with van der Waals surface area (Å²) in [6.45, 7) is 0. The largest absolute Gasteiger partial charge is 0.456 e. The summed E-state index contributed by atoms with van der Waals surface area (Å²) in [6, 6.07) is 80.0. The Morgan fingerprint density at radius 3 is 1.36 bits per heavy atom. The number of hydrogen-bond acceptors (Lipinski definition) is 2. The fourth-order valence-electron chi connectivity index (χ4n) is 7.86. The standard InChI is InChI=1S/C54H37NO/c1-2-11-38(12-3-1)40-25-31-46(32-26-40)55(48-35-29-44(30-36-48)50-19-10-15-42-13-4-6-16-49(42)50)47-33-27-41(28-34-47)39-21-23-43(24-22-39)51-17-7-8-18-52(51)54-37-45-14-5-9-20-53(45)56-54/h1-37H. The monoisotopic (exact) mass is 715 g/mol. The lowest BCUT2D eigenvalue weighted by molar-refractivity contribution is 0.632. The molecule has 0 spiro atoms. The Kier molecular flexibility index (Phi) is 8.55. The van der Waals surface area contributed by atoms with Crippen molar-refractivity contribution in [2.75, 3.05) is 4.90 Å². The van der Waals surface area contributed by atoms with Crippen LogP contribution in [0.4, 0.5) is 17.1 Å². The van der Waals surface area contributed by atoms with Crippen molar-refractivity contribution in [1.29, 1.82) is 0 Å². The van der Waals surface area contributed by atoms with E-state index in [2.05, 4.69) is 211 Å². The molecule has 0 unspecified atom stereocenters. The topological polar surface area (TPSA) is 16.4 Å². The van der Waals surface area contributed by atoms with Gasteiger partial charge < -0.3 is 9.32 Å². The van der Waals surface area contributed by atoms with Crippen LogP contribution in [0.2, 0.25) is 0 Å². The van der Waals surface area contributed by atoms with Gasteiger partial charge in [-0.25, -0.2) is 0 Å². The van der Waals surface area contributed by atoms with E-state index < -0.39 is 0 Å². The van der Waals surface area contributed by atoms with Gasteiger partial charge in [-0.3, -0.25) is 0 Å². The Hall–Kier alpha value is -7.42. The molecule has 56 heavy (non-hydrogen) atoms. The minimum absolute atomic E-state index is 0.879. The zero-order valence-corrected chi connectivity index (χ0v) is 30.7. The van der Waals surface area contributed by atoms with Crippen LogP contribution in [0.1, 0.15) is 0 Å². The van der Waals surface area contributed by atoms with Crippen LogP contribution in [-0.2, 0) is 0 Å². The molecule has 0 aliphatic rings. The van der Waals surface area contributed by atoms with Crippen LogP contribution in [-0.4, -0.2) is 0 Å². The van der Waals surface area contributed by atoms with Crippen LogP contribution in [0.25, 0.3) is 77.6 Å². The minimum Gasteiger partial charge on any atom is -0.456 e. The summed E-state index contributed by atoms with van der Waals surface area (Å²) in [4.78, 5) is 2.34. The first-order valence-electron chi connectivity index (χ1n) is 19.1. The SMILES string of the molecule is c1ccc(-c2ccc(N(c3ccc(-c4ccc(-c5ccccc5-c5cc6ccccc6o5)cc4)cc3)c3ccc(-c4cccc5ccccc45)cc3)cc2)cc1. The number of rotatable bonds is 8. The normalized spacial score (nSPS) is 11.2. The smallest absolute Gasteiger partial charge is 0.136 e. The van der Waals surface area contributed by atoms with Crippen molar-refractivity contribution in [1.82, 2.24) is 0 Å². The molecular weight excluding hydrogens is 679 g/mol. The summed E-state index contributed by atoms with van der Waals surface area (Å²) in [5.74, 6) is 0.879. The maximum atomic E-state index is 6.27. The molecule has 10 aromatic rings. The van der Waals surface area contributed by atoms with Gasteiger partial charge in [0, 0.05) is 28.0 Å². The number of hydrogen-bond donors (Lipinski definition) is 0. The van der Waals surface area contributed by atoms with E-state index in [9.17, 15) is 0 Å². The highest BCUT2D eigenvalue weighted by atomic mass is 16.3. The summed E-state index contributed by atoms with van der Waals surface area (Å²) in [6.07, 6.45) is 0. The van der Waals surface area contributed by atoms with E-state index in [1.54, 1.807) is 0 Å². The molecule has 1 heterocycles. The number of benzene rings is 9. The number of para-hydroxylation sites is 1. The van der Waals surface area contributed by atoms with Crippen LogP contribution in [0.5, 0.6) is 0 Å². The zero-order valence-electron chi connectivity index (χ0n) is 30.7. The number of furan rings is 1. The molecule has 264 valence electrons. The molecular formula is C54H37NO. The first-order chi connectivity index (χ1) is 27.7. The fraction of sp³-hybridized carbons (Fsp3) is 0. The highest BCUT2D eigenvalue weighted by Crippen LogP contribution is 2.40. The van der Waals surface area contributed by atoms with Gasteiger partial charge >= 0.3 is 0 Å². The molecule has 1 aromatic heterocycles. The average molecular weight is 716 g/mol. The van der Waals surface area contributed by atoms with Crippen molar-refractivity contribution in [2.45, 2.75) is 0 Å². The van der Waals surface area contributed by atoms with Gasteiger partial charge in [-0.2, -0.15) is 0 Å². The Morgan fingerprint density at radius 2 is 0.714 bits per heavy atom. The van der Waals surface area contributed by atoms with Gasteiger partial charge in [-0.15, -0.1) is 0 Å². The highest BCUT2D eigenvalue weighted by Gasteiger charge is 2.16. The Balaban J connectivity index is 0.971. The van der Waals surface area contributed by atoms with Gasteiger partial charge in [0.2, 0.25) is 0 Å². The van der Waals surface area contributed by atoms with E-state index in [0.29, 0.717) is 0 Å². The lowest BCUT2D eigenvalue weighted by atomic mass is 9.95. The second kappa shape index (κ2) is 14.4. The number of anilines is 3. The van der Waals surface area contributed by atoms with Gasteiger partial charge in [0.15, 0.2) is 0 Å². The predicted molar refractivity (Wildman–Crippen MR) is 236 cm³/mol. The predicted octanol–water partition coefficient (Wildman–Crippen LogP) is 15.4. The van der Waals surface area contributed by atoms with E-state index >= 15 is 0 Å². The molecule has 0 radical (unpaired) electrons. The Labute approximate surface area is 327 Å². The number of nitrogens with zero attached hydrogens (tertiary/aromatic N) is 1. The molecule has 0 aliphatic carbocycles. The van der Waals surface area contributed by atoms with Gasteiger partial charge in [0.25, 0.3) is 0 Å². The zero-order chi connectivity index (χ0) is 37.3. The van der Waals surface area contributed by atoms with E-state index in [4.69, 9.17) is 4.42 Å². The van der Waals surface area contributed by atoms with Crippen LogP contribution >= 0.6 is 0 Å². The van der Waals surface area contributed by atoms with E-state index in [1.807, 2.05) is 18.2 Å². The van der Waals surface area contributed by atoms with Gasteiger partial charge in [-0.1, -0.05) is 176 Å². The Morgan fingerprint density at radius 1 is 0.286 bits per heavy atom. The fourth-order valence-corrected chi connectivity index (χ4v) is 7.86. The molecule has 0 bridgehead atoms. The lowest BCUT2D eigenvalue weighted by Gasteiger charge is -2.26. The quantitative estimate of drug-likeness (QED) is 0.156. The van der Waals surface area contributed by atoms with Crippen molar-refractivity contribution < 1.29 is 4.42 Å². The van der Waals surface area contributed by atoms with E-state index in [0.717, 1.165) is 56.0 Å². The molecule has 10 rings (SSSR count). The molecule has 0 aliphatic heterocycles. The van der Waals surface area contributed by atoms with Crippen LogP contribution < -0.4 is 4.90 Å². The van der Waals surface area contributed by atoms with Crippen LogP contribution in [0.15, 0.2) is 229 Å². The maximum Gasteiger partial charge on any atom is 0.136 e. The number of fused-ring (bicyclic) bond motifs is 2. The second-order valence-corrected chi connectivity index (χ2v) is 14.1. The minimum atomic E-state index is 0.879. The lowest BCUT2D eigenvalue weighted by Crippen LogP contribution is -2.09.